The molecule has 1 aromatic heterocycles. The molecule has 6 heteroatoms. The Hall–Kier alpha value is -2.86. The third-order valence-corrected chi connectivity index (χ3v) is 5.20. The fourth-order valence-electron chi connectivity index (χ4n) is 2.98. The second-order valence-electron chi connectivity index (χ2n) is 6.08. The zero-order chi connectivity index (χ0) is 17.8. The van der Waals surface area contributed by atoms with Crippen molar-refractivity contribution in [3.05, 3.63) is 71.2 Å². The van der Waals surface area contributed by atoms with Gasteiger partial charge in [0, 0.05) is 22.9 Å². The van der Waals surface area contributed by atoms with Gasteiger partial charge in [-0.15, -0.1) is 11.3 Å². The smallest absolute Gasteiger partial charge is 0.189 e. The van der Waals surface area contributed by atoms with E-state index < -0.39 is 0 Å². The molecule has 26 heavy (non-hydrogen) atoms. The molecule has 3 aromatic rings. The molecular weight excluding hydrogens is 344 g/mol. The minimum absolute atomic E-state index is 0.124. The van der Waals surface area contributed by atoms with E-state index in [0.29, 0.717) is 19.1 Å². The van der Waals surface area contributed by atoms with Gasteiger partial charge in [-0.3, -0.25) is 0 Å². The van der Waals surface area contributed by atoms with Crippen LogP contribution in [0.2, 0.25) is 0 Å². The number of rotatable bonds is 4. The molecule has 2 heterocycles. The number of ether oxygens (including phenoxy) is 1. The second-order valence-corrected chi connectivity index (χ2v) is 6.94. The topological polar surface area (TPSA) is 72.5 Å². The molecule has 0 aliphatic carbocycles. The molecule has 0 saturated carbocycles. The van der Waals surface area contributed by atoms with Crippen LogP contribution in [0.25, 0.3) is 10.6 Å². The van der Waals surface area contributed by atoms with Gasteiger partial charge in [-0.25, -0.2) is 9.98 Å². The summed E-state index contributed by atoms with van der Waals surface area (Å²) in [5.41, 5.74) is 9.27. The molecule has 0 saturated heterocycles. The summed E-state index contributed by atoms with van der Waals surface area (Å²) in [6, 6.07) is 18.3. The van der Waals surface area contributed by atoms with Gasteiger partial charge in [0.25, 0.3) is 0 Å². The summed E-state index contributed by atoms with van der Waals surface area (Å²) in [5.74, 6) is 1.34. The lowest BCUT2D eigenvalue weighted by molar-refractivity contribution is 0.262. The maximum Gasteiger partial charge on any atom is 0.189 e. The lowest BCUT2D eigenvalue weighted by Gasteiger charge is -2.26. The minimum atomic E-state index is 0.124. The van der Waals surface area contributed by atoms with Crippen LogP contribution in [0, 0.1) is 0 Å². The first-order valence-corrected chi connectivity index (χ1v) is 9.45. The lowest BCUT2D eigenvalue weighted by Crippen LogP contribution is -2.37. The lowest BCUT2D eigenvalue weighted by atomic mass is 10.0. The van der Waals surface area contributed by atoms with Crippen LogP contribution in [0.1, 0.15) is 23.7 Å². The van der Waals surface area contributed by atoms with Gasteiger partial charge in [0.1, 0.15) is 10.8 Å². The summed E-state index contributed by atoms with van der Waals surface area (Å²) < 4.78 is 5.68. The Morgan fingerprint density at radius 3 is 2.88 bits per heavy atom. The highest BCUT2D eigenvalue weighted by atomic mass is 32.1. The van der Waals surface area contributed by atoms with Crippen molar-refractivity contribution in [3.63, 3.8) is 0 Å². The zero-order valence-electron chi connectivity index (χ0n) is 14.3. The second kappa shape index (κ2) is 7.58. The third-order valence-electron chi connectivity index (χ3n) is 4.26. The Morgan fingerprint density at radius 1 is 1.19 bits per heavy atom. The minimum Gasteiger partial charge on any atom is -0.493 e. The number of hydrogen-bond acceptors (Lipinski definition) is 4. The Labute approximate surface area is 156 Å². The van der Waals surface area contributed by atoms with Gasteiger partial charge in [0.15, 0.2) is 5.96 Å². The van der Waals surface area contributed by atoms with E-state index >= 15 is 0 Å². The Balaban J connectivity index is 1.41. The molecule has 1 aliphatic rings. The molecule has 0 amide bonds. The van der Waals surface area contributed by atoms with E-state index in [1.807, 2.05) is 41.8 Å². The molecular formula is C20H20N4OS. The first-order valence-electron chi connectivity index (χ1n) is 8.57. The van der Waals surface area contributed by atoms with E-state index in [9.17, 15) is 0 Å². The molecule has 4 rings (SSSR count). The van der Waals surface area contributed by atoms with Crippen LogP contribution in [-0.4, -0.2) is 17.6 Å². The fraction of sp³-hybridized carbons (Fsp3) is 0.200. The monoisotopic (exact) mass is 364 g/mol. The quantitative estimate of drug-likeness (QED) is 0.546. The SMILES string of the molecule is NC(=NCc1csc(-c2ccccc2)n1)NC1CCOc2ccccc21. The summed E-state index contributed by atoms with van der Waals surface area (Å²) >= 11 is 1.62. The standard InChI is InChI=1S/C20H20N4OS/c21-20(24-17-10-11-25-18-9-5-4-8-16(17)18)22-12-15-13-26-19(23-15)14-6-2-1-3-7-14/h1-9,13,17H,10-12H2,(H3,21,22,24). The molecule has 5 nitrogen and oxygen atoms in total. The molecule has 0 radical (unpaired) electrons. The van der Waals surface area contributed by atoms with Crippen molar-refractivity contribution < 1.29 is 4.74 Å². The van der Waals surface area contributed by atoms with Crippen molar-refractivity contribution in [1.29, 1.82) is 0 Å². The molecule has 1 aliphatic heterocycles. The van der Waals surface area contributed by atoms with Crippen molar-refractivity contribution in [2.75, 3.05) is 6.61 Å². The van der Waals surface area contributed by atoms with Gasteiger partial charge in [-0.2, -0.15) is 0 Å². The Morgan fingerprint density at radius 2 is 2.00 bits per heavy atom. The Bertz CT molecular complexity index is 907. The van der Waals surface area contributed by atoms with Crippen LogP contribution < -0.4 is 15.8 Å². The van der Waals surface area contributed by atoms with Crippen LogP contribution >= 0.6 is 11.3 Å². The summed E-state index contributed by atoms with van der Waals surface area (Å²) in [7, 11) is 0. The first kappa shape index (κ1) is 16.6. The number of hydrogen-bond donors (Lipinski definition) is 2. The van der Waals surface area contributed by atoms with Gasteiger partial charge >= 0.3 is 0 Å². The number of thiazole rings is 1. The van der Waals surface area contributed by atoms with Crippen LogP contribution in [0.4, 0.5) is 0 Å². The molecule has 1 atom stereocenters. The molecule has 0 spiro atoms. The van der Waals surface area contributed by atoms with Crippen molar-refractivity contribution in [2.24, 2.45) is 10.7 Å². The number of guanidine groups is 1. The van der Waals surface area contributed by atoms with Crippen molar-refractivity contribution in [3.8, 4) is 16.3 Å². The predicted molar refractivity (Wildman–Crippen MR) is 105 cm³/mol. The van der Waals surface area contributed by atoms with E-state index in [1.54, 1.807) is 11.3 Å². The van der Waals surface area contributed by atoms with Crippen molar-refractivity contribution in [1.82, 2.24) is 10.3 Å². The molecule has 0 bridgehead atoms. The summed E-state index contributed by atoms with van der Waals surface area (Å²) in [4.78, 5) is 9.10. The predicted octanol–water partition coefficient (Wildman–Crippen LogP) is 3.74. The fourth-order valence-corrected chi connectivity index (χ4v) is 3.79. The largest absolute Gasteiger partial charge is 0.493 e. The molecule has 1 unspecified atom stereocenters. The van der Waals surface area contributed by atoms with Crippen LogP contribution in [0.15, 0.2) is 65.0 Å². The highest BCUT2D eigenvalue weighted by Crippen LogP contribution is 2.31. The number of nitrogens with two attached hydrogens (primary N) is 1. The van der Waals surface area contributed by atoms with E-state index in [4.69, 9.17) is 10.5 Å². The van der Waals surface area contributed by atoms with Gasteiger partial charge in [0.2, 0.25) is 0 Å². The maximum absolute atomic E-state index is 6.10. The van der Waals surface area contributed by atoms with Crippen LogP contribution in [0.3, 0.4) is 0 Å². The average molecular weight is 364 g/mol. The summed E-state index contributed by atoms with van der Waals surface area (Å²) in [6.45, 7) is 1.14. The average Bonchev–Trinajstić information content (AvgIpc) is 3.17. The molecule has 3 N–H and O–H groups in total. The van der Waals surface area contributed by atoms with E-state index in [1.165, 1.54) is 0 Å². The first-order chi connectivity index (χ1) is 12.8. The summed E-state index contributed by atoms with van der Waals surface area (Å²) in [5, 5.41) is 6.34. The number of nitrogens with zero attached hydrogens (tertiary/aromatic N) is 2. The van der Waals surface area contributed by atoms with Gasteiger partial charge in [0.05, 0.1) is 24.9 Å². The number of benzene rings is 2. The van der Waals surface area contributed by atoms with Crippen LogP contribution in [-0.2, 0) is 6.54 Å². The third kappa shape index (κ3) is 3.70. The van der Waals surface area contributed by atoms with Gasteiger partial charge < -0.3 is 15.8 Å². The Kier molecular flexibility index (Phi) is 4.84. The molecule has 2 aromatic carbocycles. The maximum atomic E-state index is 6.10. The number of aliphatic imine (C=N–C) groups is 1. The van der Waals surface area contributed by atoms with E-state index in [2.05, 4.69) is 33.5 Å². The number of fused-ring (bicyclic) bond motifs is 1. The molecule has 132 valence electrons. The normalized spacial score (nSPS) is 16.6. The highest BCUT2D eigenvalue weighted by Gasteiger charge is 2.21. The van der Waals surface area contributed by atoms with Crippen molar-refractivity contribution in [2.45, 2.75) is 19.0 Å². The number of para-hydroxylation sites is 1. The number of nitrogens with one attached hydrogen (secondary N) is 1. The van der Waals surface area contributed by atoms with Crippen molar-refractivity contribution >= 4 is 17.3 Å². The van der Waals surface area contributed by atoms with Gasteiger partial charge in [-0.1, -0.05) is 48.5 Å². The van der Waals surface area contributed by atoms with E-state index in [0.717, 1.165) is 34.0 Å². The van der Waals surface area contributed by atoms with Crippen LogP contribution in [0.5, 0.6) is 5.75 Å². The molecule has 0 fully saturated rings. The zero-order valence-corrected chi connectivity index (χ0v) is 15.1. The van der Waals surface area contributed by atoms with E-state index in [-0.39, 0.29) is 6.04 Å². The highest BCUT2D eigenvalue weighted by molar-refractivity contribution is 7.13. The summed E-state index contributed by atoms with van der Waals surface area (Å²) in [6.07, 6.45) is 0.863. The number of aromatic nitrogens is 1. The van der Waals surface area contributed by atoms with Gasteiger partial charge in [-0.05, 0) is 6.07 Å².